The molecule has 1 aromatic rings. The van der Waals surface area contributed by atoms with E-state index in [0.29, 0.717) is 0 Å². The van der Waals surface area contributed by atoms with Crippen molar-refractivity contribution in [2.75, 3.05) is 0 Å². The highest BCUT2D eigenvalue weighted by Crippen LogP contribution is 2.49. The number of benzene rings is 1. The van der Waals surface area contributed by atoms with Crippen LogP contribution in [0.25, 0.3) is 0 Å². The lowest BCUT2D eigenvalue weighted by Crippen LogP contribution is -2.47. The molecule has 0 aromatic heterocycles. The molecule has 0 heterocycles. The molecule has 1 N–H and O–H groups in total. The van der Waals surface area contributed by atoms with E-state index >= 15 is 0 Å². The topological polar surface area (TPSA) is 46.2 Å². The quantitative estimate of drug-likeness (QED) is 0.917. The maximum absolute atomic E-state index is 12.7. The van der Waals surface area contributed by atoms with Gasteiger partial charge in [-0.25, -0.2) is 8.42 Å². The van der Waals surface area contributed by atoms with E-state index in [1.807, 2.05) is 0 Å². The van der Waals surface area contributed by atoms with Crippen LogP contribution in [0.3, 0.4) is 0 Å². The summed E-state index contributed by atoms with van der Waals surface area (Å²) in [4.78, 5) is -0.194. The first-order valence-electron chi connectivity index (χ1n) is 5.03. The molecule has 100 valence electrons. The smallest absolute Gasteiger partial charge is 0.207 e. The minimum Gasteiger partial charge on any atom is -0.207 e. The first kappa shape index (κ1) is 13.8. The van der Waals surface area contributed by atoms with E-state index in [1.54, 1.807) is 10.8 Å². The van der Waals surface area contributed by atoms with Crippen molar-refractivity contribution < 1.29 is 21.6 Å². The molecule has 1 saturated carbocycles. The van der Waals surface area contributed by atoms with Crippen LogP contribution in [0, 0.1) is 0 Å². The fourth-order valence-corrected chi connectivity index (χ4v) is 3.99. The van der Waals surface area contributed by atoms with Crippen molar-refractivity contribution in [3.8, 4) is 0 Å². The minimum absolute atomic E-state index is 0.194. The van der Waals surface area contributed by atoms with Crippen LogP contribution in [-0.2, 0) is 10.0 Å². The Kier molecular flexibility index (Phi) is 3.23. The lowest BCUT2D eigenvalue weighted by atomic mass is 10.3. The average Bonchev–Trinajstić information content (AvgIpc) is 2.97. The fraction of sp³-hybridized carbons (Fsp3) is 0.400. The molecule has 0 amide bonds. The molecule has 0 saturated heterocycles. The minimum atomic E-state index is -4.57. The summed E-state index contributed by atoms with van der Waals surface area (Å²) in [5.41, 5.74) is -2.29. The molecule has 0 atom stereocenters. The maximum Gasteiger partial charge on any atom is 0.407 e. The van der Waals surface area contributed by atoms with Gasteiger partial charge in [0, 0.05) is 4.47 Å². The van der Waals surface area contributed by atoms with Crippen molar-refractivity contribution in [3.05, 3.63) is 28.7 Å². The average molecular weight is 344 g/mol. The van der Waals surface area contributed by atoms with Crippen LogP contribution in [0.5, 0.6) is 0 Å². The number of hydrogen-bond acceptors (Lipinski definition) is 2. The Morgan fingerprint density at radius 2 is 1.78 bits per heavy atom. The molecule has 0 unspecified atom stereocenters. The van der Waals surface area contributed by atoms with E-state index in [-0.39, 0.29) is 22.2 Å². The number of rotatable bonds is 3. The summed E-state index contributed by atoms with van der Waals surface area (Å²) >= 11 is 3.01. The van der Waals surface area contributed by atoms with Crippen LogP contribution < -0.4 is 4.72 Å². The number of hydrogen-bond donors (Lipinski definition) is 1. The molecule has 1 aliphatic carbocycles. The maximum atomic E-state index is 12.7. The van der Waals surface area contributed by atoms with Crippen molar-refractivity contribution in [2.24, 2.45) is 0 Å². The number of alkyl halides is 3. The van der Waals surface area contributed by atoms with Gasteiger partial charge in [-0.1, -0.05) is 12.1 Å². The highest BCUT2D eigenvalue weighted by Gasteiger charge is 2.65. The summed E-state index contributed by atoms with van der Waals surface area (Å²) < 4.78 is 63.9. The Balaban J connectivity index is 2.33. The summed E-state index contributed by atoms with van der Waals surface area (Å²) in [6, 6.07) is 5.74. The predicted octanol–water partition coefficient (Wildman–Crippen LogP) is 2.82. The van der Waals surface area contributed by atoms with Gasteiger partial charge in [0.15, 0.2) is 0 Å². The molecule has 0 aliphatic heterocycles. The van der Waals surface area contributed by atoms with Crippen LogP contribution in [0.1, 0.15) is 12.8 Å². The lowest BCUT2D eigenvalue weighted by Gasteiger charge is -2.20. The first-order chi connectivity index (χ1) is 8.18. The van der Waals surface area contributed by atoms with E-state index in [0.717, 1.165) is 0 Å². The molecule has 2 rings (SSSR count). The second kappa shape index (κ2) is 4.21. The second-order valence-corrected chi connectivity index (χ2v) is 6.62. The largest absolute Gasteiger partial charge is 0.407 e. The molecule has 0 bridgehead atoms. The van der Waals surface area contributed by atoms with Gasteiger partial charge in [0.05, 0.1) is 4.90 Å². The van der Waals surface area contributed by atoms with E-state index in [2.05, 4.69) is 15.9 Å². The zero-order valence-electron chi connectivity index (χ0n) is 8.96. The zero-order chi connectivity index (χ0) is 13.6. The third-order valence-corrected chi connectivity index (χ3v) is 5.30. The van der Waals surface area contributed by atoms with Crippen molar-refractivity contribution >= 4 is 26.0 Å². The van der Waals surface area contributed by atoms with Gasteiger partial charge in [-0.15, -0.1) is 0 Å². The van der Waals surface area contributed by atoms with Crippen LogP contribution in [-0.4, -0.2) is 20.1 Å². The van der Waals surface area contributed by atoms with Crippen LogP contribution in [0.4, 0.5) is 13.2 Å². The Morgan fingerprint density at radius 1 is 1.22 bits per heavy atom. The lowest BCUT2D eigenvalue weighted by molar-refractivity contribution is -0.160. The standard InChI is InChI=1S/C10H9BrF3NO2S/c11-7-3-1-2-4-8(7)18(16,17)15-9(5-6-9)10(12,13)14/h1-4,15H,5-6H2. The van der Waals surface area contributed by atoms with E-state index in [1.165, 1.54) is 18.2 Å². The molecular weight excluding hydrogens is 335 g/mol. The van der Waals surface area contributed by atoms with Gasteiger partial charge in [0.25, 0.3) is 0 Å². The van der Waals surface area contributed by atoms with E-state index in [4.69, 9.17) is 0 Å². The summed E-state index contributed by atoms with van der Waals surface area (Å²) in [7, 11) is -4.19. The molecule has 8 heteroatoms. The van der Waals surface area contributed by atoms with Gasteiger partial charge in [-0.05, 0) is 40.9 Å². The Hall–Kier alpha value is -0.600. The third-order valence-electron chi connectivity index (χ3n) is 2.75. The monoisotopic (exact) mass is 343 g/mol. The zero-order valence-corrected chi connectivity index (χ0v) is 11.4. The van der Waals surface area contributed by atoms with Gasteiger partial charge in [0.2, 0.25) is 10.0 Å². The Bertz CT molecular complexity index is 567. The summed E-state index contributed by atoms with van der Waals surface area (Å²) in [5, 5.41) is 0. The second-order valence-electron chi connectivity index (χ2n) is 4.12. The van der Waals surface area contributed by atoms with Crippen LogP contribution >= 0.6 is 15.9 Å². The van der Waals surface area contributed by atoms with Crippen molar-refractivity contribution in [1.29, 1.82) is 0 Å². The molecule has 0 spiro atoms. The number of sulfonamides is 1. The highest BCUT2D eigenvalue weighted by molar-refractivity contribution is 9.10. The van der Waals surface area contributed by atoms with Gasteiger partial charge in [-0.2, -0.15) is 17.9 Å². The number of halogens is 4. The SMILES string of the molecule is O=S(=O)(NC1(C(F)(F)F)CC1)c1ccccc1Br. The molecule has 0 radical (unpaired) electrons. The van der Waals surface area contributed by atoms with E-state index < -0.39 is 21.7 Å². The first-order valence-corrected chi connectivity index (χ1v) is 7.31. The van der Waals surface area contributed by atoms with Gasteiger partial charge < -0.3 is 0 Å². The highest BCUT2D eigenvalue weighted by atomic mass is 79.9. The molecular formula is C10H9BrF3NO2S. The van der Waals surface area contributed by atoms with Crippen LogP contribution in [0.2, 0.25) is 0 Å². The predicted molar refractivity (Wildman–Crippen MR) is 62.5 cm³/mol. The van der Waals surface area contributed by atoms with Crippen molar-refractivity contribution in [1.82, 2.24) is 4.72 Å². The van der Waals surface area contributed by atoms with Gasteiger partial charge in [0.1, 0.15) is 5.54 Å². The molecule has 1 aromatic carbocycles. The van der Waals surface area contributed by atoms with E-state index in [9.17, 15) is 21.6 Å². The molecule has 3 nitrogen and oxygen atoms in total. The van der Waals surface area contributed by atoms with Crippen molar-refractivity contribution in [2.45, 2.75) is 29.5 Å². The fourth-order valence-electron chi connectivity index (χ4n) is 1.54. The Labute approximate surface area is 111 Å². The van der Waals surface area contributed by atoms with Gasteiger partial charge >= 0.3 is 6.18 Å². The third kappa shape index (κ3) is 2.41. The molecule has 18 heavy (non-hydrogen) atoms. The molecule has 1 aliphatic rings. The van der Waals surface area contributed by atoms with Gasteiger partial charge in [-0.3, -0.25) is 0 Å². The molecule has 1 fully saturated rings. The Morgan fingerprint density at radius 3 is 2.22 bits per heavy atom. The summed E-state index contributed by atoms with van der Waals surface area (Å²) in [6.07, 6.45) is -5.01. The van der Waals surface area contributed by atoms with Crippen LogP contribution in [0.15, 0.2) is 33.6 Å². The van der Waals surface area contributed by atoms with Crippen molar-refractivity contribution in [3.63, 3.8) is 0 Å². The normalized spacial score (nSPS) is 18.7. The number of nitrogens with one attached hydrogen (secondary N) is 1. The summed E-state index contributed by atoms with van der Waals surface area (Å²) in [6.45, 7) is 0. The summed E-state index contributed by atoms with van der Waals surface area (Å²) in [5.74, 6) is 0.